The molecule has 6 heteroatoms. The van der Waals surface area contributed by atoms with Gasteiger partial charge >= 0.3 is 0 Å². The Labute approximate surface area is 80.7 Å². The van der Waals surface area contributed by atoms with Crippen molar-refractivity contribution < 1.29 is 10.0 Å². The van der Waals surface area contributed by atoms with E-state index in [1.54, 1.807) is 6.92 Å². The summed E-state index contributed by atoms with van der Waals surface area (Å²) in [5, 5.41) is 21.9. The third kappa shape index (κ3) is 2.67. The lowest BCUT2D eigenvalue weighted by atomic mass is 10.3. The highest BCUT2D eigenvalue weighted by Crippen LogP contribution is 2.12. The van der Waals surface area contributed by atoms with E-state index in [2.05, 4.69) is 10.3 Å². The zero-order chi connectivity index (χ0) is 10.6. The molecule has 1 heterocycles. The number of rotatable bonds is 4. The predicted octanol–water partition coefficient (Wildman–Crippen LogP) is 0.782. The quantitative estimate of drug-likeness (QED) is 0.550. The van der Waals surface area contributed by atoms with Gasteiger partial charge in [0.25, 0.3) is 5.69 Å². The topological polar surface area (TPSA) is 88.3 Å². The van der Waals surface area contributed by atoms with Gasteiger partial charge in [-0.05, 0) is 13.0 Å². The number of nitrogens with one attached hydrogen (secondary N) is 1. The van der Waals surface area contributed by atoms with Crippen LogP contribution in [0.15, 0.2) is 18.3 Å². The molecule has 0 aromatic carbocycles. The normalized spacial score (nSPS) is 12.1. The van der Waals surface area contributed by atoms with Crippen molar-refractivity contribution >= 4 is 11.5 Å². The van der Waals surface area contributed by atoms with Crippen molar-refractivity contribution in [3.05, 3.63) is 28.4 Å². The Morgan fingerprint density at radius 3 is 2.86 bits per heavy atom. The first kappa shape index (κ1) is 10.4. The minimum Gasteiger partial charge on any atom is -0.394 e. The van der Waals surface area contributed by atoms with Crippen LogP contribution in [0, 0.1) is 10.1 Å². The van der Waals surface area contributed by atoms with E-state index >= 15 is 0 Å². The average molecular weight is 197 g/mol. The molecule has 0 aliphatic heterocycles. The van der Waals surface area contributed by atoms with Crippen LogP contribution in [0.2, 0.25) is 0 Å². The second kappa shape index (κ2) is 4.52. The van der Waals surface area contributed by atoms with E-state index in [1.807, 2.05) is 0 Å². The molecule has 0 radical (unpaired) electrons. The molecule has 0 saturated heterocycles. The van der Waals surface area contributed by atoms with Crippen LogP contribution >= 0.6 is 0 Å². The fraction of sp³-hybridized carbons (Fsp3) is 0.375. The fourth-order valence-electron chi connectivity index (χ4n) is 0.878. The zero-order valence-corrected chi connectivity index (χ0v) is 7.67. The molecule has 0 fully saturated rings. The van der Waals surface area contributed by atoms with Crippen molar-refractivity contribution in [1.82, 2.24) is 4.98 Å². The van der Waals surface area contributed by atoms with Crippen LogP contribution in [0.5, 0.6) is 0 Å². The number of nitrogens with zero attached hydrogens (tertiary/aromatic N) is 2. The Morgan fingerprint density at radius 1 is 1.71 bits per heavy atom. The zero-order valence-electron chi connectivity index (χ0n) is 7.67. The highest BCUT2D eigenvalue weighted by atomic mass is 16.6. The van der Waals surface area contributed by atoms with E-state index in [-0.39, 0.29) is 18.3 Å². The first-order chi connectivity index (χ1) is 6.63. The highest BCUT2D eigenvalue weighted by Gasteiger charge is 2.06. The van der Waals surface area contributed by atoms with Crippen molar-refractivity contribution in [3.63, 3.8) is 0 Å². The second-order valence-electron chi connectivity index (χ2n) is 2.89. The molecule has 1 aromatic rings. The maximum atomic E-state index is 10.3. The Balaban J connectivity index is 2.68. The van der Waals surface area contributed by atoms with Crippen molar-refractivity contribution in [3.8, 4) is 0 Å². The van der Waals surface area contributed by atoms with Gasteiger partial charge in [-0.3, -0.25) is 10.1 Å². The molecule has 0 bridgehead atoms. The van der Waals surface area contributed by atoms with Gasteiger partial charge in [0.05, 0.1) is 11.5 Å². The van der Waals surface area contributed by atoms with Crippen LogP contribution in [0.4, 0.5) is 11.5 Å². The molecular formula is C8H11N3O3. The van der Waals surface area contributed by atoms with Gasteiger partial charge in [0.2, 0.25) is 0 Å². The summed E-state index contributed by atoms with van der Waals surface area (Å²) in [5.41, 5.74) is -0.0489. The molecule has 0 aliphatic rings. The smallest absolute Gasteiger partial charge is 0.287 e. The van der Waals surface area contributed by atoms with E-state index < -0.39 is 4.92 Å². The molecule has 0 amide bonds. The van der Waals surface area contributed by atoms with E-state index in [1.165, 1.54) is 18.3 Å². The molecular weight excluding hydrogens is 186 g/mol. The Bertz CT molecular complexity index is 312. The summed E-state index contributed by atoms with van der Waals surface area (Å²) < 4.78 is 0. The lowest BCUT2D eigenvalue weighted by molar-refractivity contribution is -0.385. The molecule has 0 spiro atoms. The van der Waals surface area contributed by atoms with E-state index in [4.69, 9.17) is 5.11 Å². The second-order valence-corrected chi connectivity index (χ2v) is 2.89. The van der Waals surface area contributed by atoms with Crippen molar-refractivity contribution in [2.45, 2.75) is 13.0 Å². The molecule has 1 atom stereocenters. The standard InChI is InChI=1S/C8H11N3O3/c1-6(5-12)10-8-3-2-7(4-9-8)11(13)14/h2-4,6,12H,5H2,1H3,(H,9,10). The first-order valence-electron chi connectivity index (χ1n) is 4.11. The molecule has 2 N–H and O–H groups in total. The van der Waals surface area contributed by atoms with E-state index in [0.717, 1.165) is 0 Å². The number of nitro groups is 1. The van der Waals surface area contributed by atoms with Gasteiger partial charge in [0.15, 0.2) is 0 Å². The number of aliphatic hydroxyl groups is 1. The maximum absolute atomic E-state index is 10.3. The Morgan fingerprint density at radius 2 is 2.43 bits per heavy atom. The minimum absolute atomic E-state index is 0.0152. The van der Waals surface area contributed by atoms with Gasteiger partial charge < -0.3 is 10.4 Å². The third-order valence-corrected chi connectivity index (χ3v) is 1.63. The van der Waals surface area contributed by atoms with Gasteiger partial charge in [0, 0.05) is 12.1 Å². The Hall–Kier alpha value is -1.69. The van der Waals surface area contributed by atoms with Gasteiger partial charge in [-0.25, -0.2) is 4.98 Å². The number of hydrogen-bond acceptors (Lipinski definition) is 5. The SMILES string of the molecule is CC(CO)Nc1ccc([N+](=O)[O-])cn1. The minimum atomic E-state index is -0.508. The molecule has 6 nitrogen and oxygen atoms in total. The number of aliphatic hydroxyl groups excluding tert-OH is 1. The fourth-order valence-corrected chi connectivity index (χ4v) is 0.878. The number of pyridine rings is 1. The predicted molar refractivity (Wildman–Crippen MR) is 51.1 cm³/mol. The van der Waals surface area contributed by atoms with Crippen LogP contribution < -0.4 is 5.32 Å². The average Bonchev–Trinajstić information content (AvgIpc) is 2.18. The summed E-state index contributed by atoms with van der Waals surface area (Å²) in [6.07, 6.45) is 1.17. The van der Waals surface area contributed by atoms with Crippen LogP contribution in [-0.2, 0) is 0 Å². The number of aromatic nitrogens is 1. The Kier molecular flexibility index (Phi) is 3.35. The van der Waals surface area contributed by atoms with Gasteiger partial charge in [0.1, 0.15) is 12.0 Å². The highest BCUT2D eigenvalue weighted by molar-refractivity contribution is 5.40. The molecule has 1 aromatic heterocycles. The maximum Gasteiger partial charge on any atom is 0.287 e. The van der Waals surface area contributed by atoms with E-state index in [9.17, 15) is 10.1 Å². The van der Waals surface area contributed by atoms with Crippen molar-refractivity contribution in [2.24, 2.45) is 0 Å². The van der Waals surface area contributed by atoms with E-state index in [0.29, 0.717) is 5.82 Å². The number of anilines is 1. The molecule has 0 saturated carbocycles. The summed E-state index contributed by atoms with van der Waals surface area (Å²) in [4.78, 5) is 13.6. The summed E-state index contributed by atoms with van der Waals surface area (Å²) in [5.74, 6) is 0.511. The summed E-state index contributed by atoms with van der Waals surface area (Å²) in [6, 6.07) is 2.74. The largest absolute Gasteiger partial charge is 0.394 e. The summed E-state index contributed by atoms with van der Waals surface area (Å²) in [6.45, 7) is 1.77. The number of hydrogen-bond donors (Lipinski definition) is 2. The molecule has 0 aliphatic carbocycles. The lowest BCUT2D eigenvalue weighted by Gasteiger charge is -2.10. The van der Waals surface area contributed by atoms with Crippen LogP contribution in [0.1, 0.15) is 6.92 Å². The monoisotopic (exact) mass is 197 g/mol. The van der Waals surface area contributed by atoms with Gasteiger partial charge in [-0.15, -0.1) is 0 Å². The van der Waals surface area contributed by atoms with Crippen LogP contribution in [0.25, 0.3) is 0 Å². The summed E-state index contributed by atoms with van der Waals surface area (Å²) in [7, 11) is 0. The van der Waals surface area contributed by atoms with Gasteiger partial charge in [-0.1, -0.05) is 0 Å². The molecule has 1 rings (SSSR count). The lowest BCUT2D eigenvalue weighted by Crippen LogP contribution is -2.19. The molecule has 14 heavy (non-hydrogen) atoms. The van der Waals surface area contributed by atoms with Crippen LogP contribution in [0.3, 0.4) is 0 Å². The molecule has 76 valence electrons. The van der Waals surface area contributed by atoms with Crippen LogP contribution in [-0.4, -0.2) is 27.7 Å². The van der Waals surface area contributed by atoms with Crippen molar-refractivity contribution in [1.29, 1.82) is 0 Å². The summed E-state index contributed by atoms with van der Waals surface area (Å²) >= 11 is 0. The molecule has 1 unspecified atom stereocenters. The van der Waals surface area contributed by atoms with Gasteiger partial charge in [-0.2, -0.15) is 0 Å². The van der Waals surface area contributed by atoms with Crippen molar-refractivity contribution in [2.75, 3.05) is 11.9 Å². The first-order valence-corrected chi connectivity index (χ1v) is 4.11. The third-order valence-electron chi connectivity index (χ3n) is 1.63.